The van der Waals surface area contributed by atoms with Crippen molar-refractivity contribution in [3.8, 4) is 0 Å². The van der Waals surface area contributed by atoms with Gasteiger partial charge >= 0.3 is 11.9 Å². The summed E-state index contributed by atoms with van der Waals surface area (Å²) < 4.78 is 5.34. The number of ether oxygens (including phenoxy) is 1. The zero-order valence-corrected chi connectivity index (χ0v) is 11.3. The average Bonchev–Trinajstić information content (AvgIpc) is 3.06. The monoisotopic (exact) mass is 262 g/mol. The lowest BCUT2D eigenvalue weighted by Gasteiger charge is -2.19. The van der Waals surface area contributed by atoms with Crippen LogP contribution in [0.3, 0.4) is 0 Å². The molecule has 1 aliphatic rings. The lowest BCUT2D eigenvalue weighted by molar-refractivity contribution is -0.156. The molecule has 0 aliphatic heterocycles. The zero-order chi connectivity index (χ0) is 14.2. The lowest BCUT2D eigenvalue weighted by Crippen LogP contribution is -2.25. The van der Waals surface area contributed by atoms with Gasteiger partial charge in [0.1, 0.15) is 5.60 Å². The van der Waals surface area contributed by atoms with Crippen LogP contribution in [0.15, 0.2) is 24.3 Å². The molecule has 1 aliphatic carbocycles. The van der Waals surface area contributed by atoms with Crippen molar-refractivity contribution in [2.45, 2.75) is 38.7 Å². The minimum atomic E-state index is -0.939. The third-order valence-electron chi connectivity index (χ3n) is 3.09. The first-order valence-corrected chi connectivity index (χ1v) is 6.34. The van der Waals surface area contributed by atoms with Crippen molar-refractivity contribution < 1.29 is 19.4 Å². The van der Waals surface area contributed by atoms with E-state index in [0.29, 0.717) is 0 Å². The van der Waals surface area contributed by atoms with Crippen LogP contribution < -0.4 is 0 Å². The van der Waals surface area contributed by atoms with Gasteiger partial charge in [0, 0.05) is 0 Å². The highest BCUT2D eigenvalue weighted by molar-refractivity contribution is 5.87. The SMILES string of the molecule is CC(C)(C)OC(=O)[C@@H]1C[C@H]1c1ccc(C(=O)O)cc1. The minimum absolute atomic E-state index is 0.0881. The molecule has 0 spiro atoms. The predicted molar refractivity (Wildman–Crippen MR) is 70.1 cm³/mol. The molecule has 1 fully saturated rings. The van der Waals surface area contributed by atoms with Crippen molar-refractivity contribution in [2.75, 3.05) is 0 Å². The number of carbonyl (C=O) groups excluding carboxylic acids is 1. The molecule has 4 heteroatoms. The first-order valence-electron chi connectivity index (χ1n) is 6.34. The van der Waals surface area contributed by atoms with E-state index < -0.39 is 11.6 Å². The maximum Gasteiger partial charge on any atom is 0.335 e. The maximum absolute atomic E-state index is 11.9. The number of hydrogen-bond donors (Lipinski definition) is 1. The number of rotatable bonds is 3. The Balaban J connectivity index is 1.99. The molecule has 1 N–H and O–H groups in total. The normalized spacial score (nSPS) is 21.8. The van der Waals surface area contributed by atoms with Crippen molar-refractivity contribution in [1.29, 1.82) is 0 Å². The summed E-state index contributed by atoms with van der Waals surface area (Å²) in [6, 6.07) is 6.70. The number of carboxylic acid groups (broad SMARTS) is 1. The molecule has 2 atom stereocenters. The van der Waals surface area contributed by atoms with Gasteiger partial charge in [-0.2, -0.15) is 0 Å². The van der Waals surface area contributed by atoms with Crippen LogP contribution in [0.4, 0.5) is 0 Å². The van der Waals surface area contributed by atoms with E-state index in [-0.39, 0.29) is 23.4 Å². The Kier molecular flexibility index (Phi) is 3.35. The molecule has 0 saturated heterocycles. The summed E-state index contributed by atoms with van der Waals surface area (Å²) in [5.74, 6) is -1.03. The highest BCUT2D eigenvalue weighted by Crippen LogP contribution is 2.48. The Bertz CT molecular complexity index is 496. The molecule has 0 radical (unpaired) electrons. The molecule has 0 unspecified atom stereocenters. The molecule has 0 bridgehead atoms. The van der Waals surface area contributed by atoms with Gasteiger partial charge in [-0.15, -0.1) is 0 Å². The molecule has 0 aromatic heterocycles. The molecule has 4 nitrogen and oxygen atoms in total. The maximum atomic E-state index is 11.9. The number of carboxylic acids is 1. The first kappa shape index (κ1) is 13.6. The van der Waals surface area contributed by atoms with Gasteiger partial charge in [-0.1, -0.05) is 12.1 Å². The smallest absolute Gasteiger partial charge is 0.335 e. The highest BCUT2D eigenvalue weighted by atomic mass is 16.6. The number of aromatic carboxylic acids is 1. The van der Waals surface area contributed by atoms with Crippen LogP contribution >= 0.6 is 0 Å². The van der Waals surface area contributed by atoms with Crippen LogP contribution in [0.5, 0.6) is 0 Å². The zero-order valence-electron chi connectivity index (χ0n) is 11.3. The van der Waals surface area contributed by atoms with Crippen LogP contribution in [-0.4, -0.2) is 22.6 Å². The van der Waals surface area contributed by atoms with E-state index in [1.54, 1.807) is 24.3 Å². The largest absolute Gasteiger partial charge is 0.478 e. The van der Waals surface area contributed by atoms with Gasteiger partial charge in [0.25, 0.3) is 0 Å². The predicted octanol–water partition coefficient (Wildman–Crippen LogP) is 2.83. The van der Waals surface area contributed by atoms with Gasteiger partial charge < -0.3 is 9.84 Å². The molecule has 1 aromatic rings. The second kappa shape index (κ2) is 4.68. The summed E-state index contributed by atoms with van der Waals surface area (Å²) in [5.41, 5.74) is 0.802. The lowest BCUT2D eigenvalue weighted by atomic mass is 10.1. The van der Waals surface area contributed by atoms with Gasteiger partial charge in [-0.05, 0) is 50.8 Å². The molecule has 1 aromatic carbocycles. The molecule has 2 rings (SSSR count). The third kappa shape index (κ3) is 3.34. The van der Waals surface area contributed by atoms with Gasteiger partial charge in [-0.3, -0.25) is 4.79 Å². The van der Waals surface area contributed by atoms with Crippen LogP contribution in [0.25, 0.3) is 0 Å². The first-order chi connectivity index (χ1) is 8.78. The second-order valence-electron chi connectivity index (χ2n) is 5.91. The summed E-state index contributed by atoms with van der Waals surface area (Å²) in [7, 11) is 0. The van der Waals surface area contributed by atoms with Crippen LogP contribution in [-0.2, 0) is 9.53 Å². The molecule has 1 saturated carbocycles. The second-order valence-corrected chi connectivity index (χ2v) is 5.91. The summed E-state index contributed by atoms with van der Waals surface area (Å²) in [4.78, 5) is 22.6. The topological polar surface area (TPSA) is 63.6 Å². The Morgan fingerprint density at radius 2 is 1.79 bits per heavy atom. The van der Waals surface area contributed by atoms with E-state index >= 15 is 0 Å². The van der Waals surface area contributed by atoms with Gasteiger partial charge in [0.05, 0.1) is 11.5 Å². The number of esters is 1. The van der Waals surface area contributed by atoms with E-state index in [4.69, 9.17) is 9.84 Å². The van der Waals surface area contributed by atoms with E-state index in [0.717, 1.165) is 12.0 Å². The van der Waals surface area contributed by atoms with Crippen molar-refractivity contribution >= 4 is 11.9 Å². The van der Waals surface area contributed by atoms with Crippen LogP contribution in [0, 0.1) is 5.92 Å². The number of benzene rings is 1. The average molecular weight is 262 g/mol. The fourth-order valence-corrected chi connectivity index (χ4v) is 2.07. The fraction of sp³-hybridized carbons (Fsp3) is 0.467. The summed E-state index contributed by atoms with van der Waals surface area (Å²) in [6.45, 7) is 5.55. The van der Waals surface area contributed by atoms with Crippen molar-refractivity contribution in [1.82, 2.24) is 0 Å². The van der Waals surface area contributed by atoms with Gasteiger partial charge in [0.15, 0.2) is 0 Å². The van der Waals surface area contributed by atoms with E-state index in [1.807, 2.05) is 20.8 Å². The van der Waals surface area contributed by atoms with Crippen LogP contribution in [0.2, 0.25) is 0 Å². The molecule has 0 heterocycles. The molecular weight excluding hydrogens is 244 g/mol. The standard InChI is InChI=1S/C15H18O4/c1-15(2,3)19-14(18)12-8-11(12)9-4-6-10(7-5-9)13(16)17/h4-7,11-12H,8H2,1-3H3,(H,16,17)/t11-,12+/m0/s1. The fourth-order valence-electron chi connectivity index (χ4n) is 2.07. The summed E-state index contributed by atoms with van der Waals surface area (Å²) in [5, 5.41) is 8.82. The Labute approximate surface area is 112 Å². The van der Waals surface area contributed by atoms with E-state index in [1.165, 1.54) is 0 Å². The van der Waals surface area contributed by atoms with E-state index in [2.05, 4.69) is 0 Å². The molecule has 0 amide bonds. The Morgan fingerprint density at radius 1 is 1.21 bits per heavy atom. The summed E-state index contributed by atoms with van der Waals surface area (Å²) >= 11 is 0. The number of carbonyl (C=O) groups is 2. The molecule has 102 valence electrons. The van der Waals surface area contributed by atoms with Crippen molar-refractivity contribution in [3.05, 3.63) is 35.4 Å². The number of hydrogen-bond acceptors (Lipinski definition) is 3. The quantitative estimate of drug-likeness (QED) is 0.851. The van der Waals surface area contributed by atoms with Crippen molar-refractivity contribution in [2.24, 2.45) is 5.92 Å². The van der Waals surface area contributed by atoms with Crippen LogP contribution in [0.1, 0.15) is 49.0 Å². The molecule has 19 heavy (non-hydrogen) atoms. The van der Waals surface area contributed by atoms with Crippen molar-refractivity contribution in [3.63, 3.8) is 0 Å². The van der Waals surface area contributed by atoms with E-state index in [9.17, 15) is 9.59 Å². The summed E-state index contributed by atoms with van der Waals surface area (Å²) in [6.07, 6.45) is 0.779. The van der Waals surface area contributed by atoms with Gasteiger partial charge in [0.2, 0.25) is 0 Å². The Hall–Kier alpha value is -1.84. The minimum Gasteiger partial charge on any atom is -0.478 e. The highest BCUT2D eigenvalue weighted by Gasteiger charge is 2.46. The van der Waals surface area contributed by atoms with Gasteiger partial charge in [-0.25, -0.2) is 4.79 Å². The Morgan fingerprint density at radius 3 is 2.26 bits per heavy atom. The third-order valence-corrected chi connectivity index (χ3v) is 3.09. The molecular formula is C15H18O4.